The first kappa shape index (κ1) is 9.84. The second-order valence-electron chi connectivity index (χ2n) is 3.29. The average Bonchev–Trinajstić information content (AvgIpc) is 2.45. The van der Waals surface area contributed by atoms with E-state index in [1.54, 1.807) is 0 Å². The van der Waals surface area contributed by atoms with Crippen molar-refractivity contribution >= 4 is 5.97 Å². The third kappa shape index (κ3) is 3.78. The Morgan fingerprint density at radius 3 is 2.85 bits per heavy atom. The van der Waals surface area contributed by atoms with Gasteiger partial charge in [-0.15, -0.1) is 0 Å². The molecule has 1 N–H and O–H groups in total. The Labute approximate surface area is 78.0 Å². The first-order valence-electron chi connectivity index (χ1n) is 4.51. The summed E-state index contributed by atoms with van der Waals surface area (Å²) in [5, 5.41) is 8.41. The van der Waals surface area contributed by atoms with E-state index in [2.05, 4.69) is 12.3 Å². The number of carboxylic acids is 1. The minimum atomic E-state index is -0.701. The van der Waals surface area contributed by atoms with E-state index in [4.69, 9.17) is 5.11 Å². The highest BCUT2D eigenvalue weighted by atomic mass is 16.4. The van der Waals surface area contributed by atoms with Crippen LogP contribution in [0.4, 0.5) is 0 Å². The lowest BCUT2D eigenvalue weighted by molar-refractivity contribution is -0.137. The summed E-state index contributed by atoms with van der Waals surface area (Å²) in [7, 11) is 1.99. The Kier molecular flexibility index (Phi) is 3.55. The van der Waals surface area contributed by atoms with Crippen LogP contribution in [0.1, 0.15) is 24.8 Å². The number of carboxylic acid groups (broad SMARTS) is 1. The SMILES string of the molecule is Cn1ccc(CCCCC(=O)O)c1. The lowest BCUT2D eigenvalue weighted by Gasteiger charge is -1.95. The lowest BCUT2D eigenvalue weighted by Crippen LogP contribution is -1.94. The van der Waals surface area contributed by atoms with Crippen molar-refractivity contribution in [3.05, 3.63) is 24.0 Å². The largest absolute Gasteiger partial charge is 0.481 e. The van der Waals surface area contributed by atoms with Gasteiger partial charge in [-0.05, 0) is 30.9 Å². The standard InChI is InChI=1S/C10H15NO2/c1-11-7-6-9(8-11)4-2-3-5-10(12)13/h6-8H,2-5H2,1H3,(H,12,13). The van der Waals surface area contributed by atoms with Gasteiger partial charge in [-0.1, -0.05) is 0 Å². The number of aromatic nitrogens is 1. The summed E-state index contributed by atoms with van der Waals surface area (Å²) < 4.78 is 2.01. The van der Waals surface area contributed by atoms with Crippen LogP contribution in [0.15, 0.2) is 18.5 Å². The number of unbranched alkanes of at least 4 members (excludes halogenated alkanes) is 1. The molecule has 0 fully saturated rings. The van der Waals surface area contributed by atoms with Crippen molar-refractivity contribution in [3.8, 4) is 0 Å². The number of carbonyl (C=O) groups is 1. The highest BCUT2D eigenvalue weighted by molar-refractivity contribution is 5.66. The monoisotopic (exact) mass is 181 g/mol. The molecule has 3 nitrogen and oxygen atoms in total. The maximum atomic E-state index is 10.2. The fourth-order valence-electron chi connectivity index (χ4n) is 1.31. The Hall–Kier alpha value is -1.25. The first-order chi connectivity index (χ1) is 6.18. The van der Waals surface area contributed by atoms with Crippen LogP contribution >= 0.6 is 0 Å². The predicted molar refractivity (Wildman–Crippen MR) is 50.6 cm³/mol. The van der Waals surface area contributed by atoms with E-state index >= 15 is 0 Å². The van der Waals surface area contributed by atoms with Gasteiger partial charge in [0.2, 0.25) is 0 Å². The Balaban J connectivity index is 2.16. The third-order valence-corrected chi connectivity index (χ3v) is 2.00. The van der Waals surface area contributed by atoms with Crippen LogP contribution in [-0.4, -0.2) is 15.6 Å². The van der Waals surface area contributed by atoms with Crippen molar-refractivity contribution in [2.24, 2.45) is 7.05 Å². The smallest absolute Gasteiger partial charge is 0.303 e. The second-order valence-corrected chi connectivity index (χ2v) is 3.29. The number of hydrogen-bond acceptors (Lipinski definition) is 1. The van der Waals surface area contributed by atoms with Gasteiger partial charge < -0.3 is 9.67 Å². The lowest BCUT2D eigenvalue weighted by atomic mass is 10.1. The summed E-state index contributed by atoms with van der Waals surface area (Å²) in [4.78, 5) is 10.2. The molecule has 1 rings (SSSR count). The molecular formula is C10H15NO2. The third-order valence-electron chi connectivity index (χ3n) is 2.00. The van der Waals surface area contributed by atoms with Crippen molar-refractivity contribution in [1.82, 2.24) is 4.57 Å². The molecule has 0 spiro atoms. The fourth-order valence-corrected chi connectivity index (χ4v) is 1.31. The Morgan fingerprint density at radius 2 is 2.31 bits per heavy atom. The van der Waals surface area contributed by atoms with Crippen molar-refractivity contribution in [2.75, 3.05) is 0 Å². The van der Waals surface area contributed by atoms with Crippen LogP contribution in [0.3, 0.4) is 0 Å². The molecule has 0 bridgehead atoms. The molecule has 3 heteroatoms. The molecule has 0 radical (unpaired) electrons. The van der Waals surface area contributed by atoms with Gasteiger partial charge in [0, 0.05) is 25.9 Å². The van der Waals surface area contributed by atoms with Crippen LogP contribution in [0.2, 0.25) is 0 Å². The number of aryl methyl sites for hydroxylation is 2. The van der Waals surface area contributed by atoms with E-state index in [-0.39, 0.29) is 6.42 Å². The quantitative estimate of drug-likeness (QED) is 0.704. The fraction of sp³-hybridized carbons (Fsp3) is 0.500. The second kappa shape index (κ2) is 4.70. The number of hydrogen-bond donors (Lipinski definition) is 1. The van der Waals surface area contributed by atoms with E-state index < -0.39 is 5.97 Å². The summed E-state index contributed by atoms with van der Waals surface area (Å²) in [5.74, 6) is -0.701. The zero-order valence-electron chi connectivity index (χ0n) is 7.86. The molecule has 0 unspecified atom stereocenters. The molecule has 0 aliphatic carbocycles. The van der Waals surface area contributed by atoms with Crippen LogP contribution in [-0.2, 0) is 18.3 Å². The van der Waals surface area contributed by atoms with Crippen molar-refractivity contribution in [1.29, 1.82) is 0 Å². The maximum absolute atomic E-state index is 10.2. The maximum Gasteiger partial charge on any atom is 0.303 e. The van der Waals surface area contributed by atoms with Crippen LogP contribution < -0.4 is 0 Å². The molecule has 1 heterocycles. The normalized spacial score (nSPS) is 10.2. The molecular weight excluding hydrogens is 166 g/mol. The van der Waals surface area contributed by atoms with Crippen LogP contribution in [0.5, 0.6) is 0 Å². The minimum absolute atomic E-state index is 0.285. The molecule has 1 aromatic rings. The summed E-state index contributed by atoms with van der Waals surface area (Å²) in [5.41, 5.74) is 1.29. The summed E-state index contributed by atoms with van der Waals surface area (Å²) in [6, 6.07) is 2.07. The van der Waals surface area contributed by atoms with E-state index in [9.17, 15) is 4.79 Å². The molecule has 0 saturated carbocycles. The van der Waals surface area contributed by atoms with Gasteiger partial charge in [-0.25, -0.2) is 0 Å². The highest BCUT2D eigenvalue weighted by Gasteiger charge is 1.98. The zero-order valence-corrected chi connectivity index (χ0v) is 7.86. The van der Waals surface area contributed by atoms with E-state index in [0.717, 1.165) is 19.3 Å². The molecule has 13 heavy (non-hydrogen) atoms. The van der Waals surface area contributed by atoms with Gasteiger partial charge >= 0.3 is 5.97 Å². The summed E-state index contributed by atoms with van der Waals surface area (Å²) >= 11 is 0. The average molecular weight is 181 g/mol. The van der Waals surface area contributed by atoms with Gasteiger partial charge in [-0.2, -0.15) is 0 Å². The molecule has 0 saturated heterocycles. The zero-order chi connectivity index (χ0) is 9.68. The molecule has 1 aromatic heterocycles. The highest BCUT2D eigenvalue weighted by Crippen LogP contribution is 2.06. The molecule has 0 aliphatic heterocycles. The molecule has 72 valence electrons. The Morgan fingerprint density at radius 1 is 1.54 bits per heavy atom. The van der Waals surface area contributed by atoms with Gasteiger partial charge in [0.25, 0.3) is 0 Å². The molecule has 0 aliphatic rings. The van der Waals surface area contributed by atoms with Gasteiger partial charge in [0.05, 0.1) is 0 Å². The summed E-state index contributed by atoms with van der Waals surface area (Å²) in [6.07, 6.45) is 7.06. The minimum Gasteiger partial charge on any atom is -0.481 e. The van der Waals surface area contributed by atoms with Gasteiger partial charge in [-0.3, -0.25) is 4.79 Å². The summed E-state index contributed by atoms with van der Waals surface area (Å²) in [6.45, 7) is 0. The number of aliphatic carboxylic acids is 1. The topological polar surface area (TPSA) is 42.2 Å². The van der Waals surface area contributed by atoms with Crippen LogP contribution in [0, 0.1) is 0 Å². The predicted octanol–water partition coefficient (Wildman–Crippen LogP) is 1.82. The van der Waals surface area contributed by atoms with Crippen molar-refractivity contribution in [2.45, 2.75) is 25.7 Å². The van der Waals surface area contributed by atoms with Gasteiger partial charge in [0.15, 0.2) is 0 Å². The first-order valence-corrected chi connectivity index (χ1v) is 4.51. The van der Waals surface area contributed by atoms with Crippen molar-refractivity contribution in [3.63, 3.8) is 0 Å². The van der Waals surface area contributed by atoms with Gasteiger partial charge in [0.1, 0.15) is 0 Å². The van der Waals surface area contributed by atoms with E-state index in [0.29, 0.717) is 0 Å². The number of nitrogens with zero attached hydrogens (tertiary/aromatic N) is 1. The van der Waals surface area contributed by atoms with E-state index in [1.165, 1.54) is 5.56 Å². The number of rotatable bonds is 5. The van der Waals surface area contributed by atoms with E-state index in [1.807, 2.05) is 17.8 Å². The van der Waals surface area contributed by atoms with Crippen LogP contribution in [0.25, 0.3) is 0 Å². The Bertz CT molecular complexity index is 278. The molecule has 0 atom stereocenters. The molecule has 0 aromatic carbocycles. The molecule has 0 amide bonds. The van der Waals surface area contributed by atoms with Crippen molar-refractivity contribution < 1.29 is 9.90 Å².